The van der Waals surface area contributed by atoms with Crippen LogP contribution in [0.15, 0.2) is 30.3 Å². The Hall–Kier alpha value is -1.06. The first kappa shape index (κ1) is 16.8. The van der Waals surface area contributed by atoms with Crippen LogP contribution in [0, 0.1) is 0 Å². The number of nitrogens with one attached hydrogen (secondary N) is 1. The molecule has 0 aromatic heterocycles. The van der Waals surface area contributed by atoms with Crippen LogP contribution in [0.25, 0.3) is 0 Å². The highest BCUT2D eigenvalue weighted by atomic mass is 16.7. The van der Waals surface area contributed by atoms with E-state index in [0.29, 0.717) is 13.2 Å². The first-order valence-electron chi connectivity index (χ1n) is 7.77. The summed E-state index contributed by atoms with van der Waals surface area (Å²) in [6, 6.07) is 9.10. The number of aliphatic hydroxyl groups excluding tert-OH is 2. The lowest BCUT2D eigenvalue weighted by atomic mass is 9.95. The van der Waals surface area contributed by atoms with E-state index >= 15 is 0 Å². The number of fused-ring (bicyclic) bond motifs is 1. The molecule has 0 aliphatic carbocycles. The van der Waals surface area contributed by atoms with Crippen molar-refractivity contribution in [2.24, 2.45) is 0 Å². The third-order valence-corrected chi connectivity index (χ3v) is 4.16. The number of benzene rings is 1. The summed E-state index contributed by atoms with van der Waals surface area (Å²) in [5, 5.41) is 22.7. The smallest absolute Gasteiger partial charge is 0.184 e. The molecule has 2 aliphatic heterocycles. The predicted octanol–water partition coefficient (Wildman–Crippen LogP) is -0.217. The molecule has 1 aromatic carbocycles. The van der Waals surface area contributed by atoms with Crippen LogP contribution in [0.4, 0.5) is 0 Å². The van der Waals surface area contributed by atoms with E-state index in [1.807, 2.05) is 30.3 Å². The maximum absolute atomic E-state index is 10.7. The fourth-order valence-corrected chi connectivity index (χ4v) is 3.02. The number of hydrogen-bond acceptors (Lipinski definition) is 7. The number of methoxy groups -OCH3 is 1. The quantitative estimate of drug-likeness (QED) is 0.690. The molecular formula is C16H23NO6. The van der Waals surface area contributed by atoms with Crippen molar-refractivity contribution in [2.75, 3.05) is 26.9 Å². The average Bonchev–Trinajstić information content (AvgIpc) is 2.61. The fourth-order valence-electron chi connectivity index (χ4n) is 3.02. The van der Waals surface area contributed by atoms with Crippen molar-refractivity contribution in [1.82, 2.24) is 5.32 Å². The van der Waals surface area contributed by atoms with Crippen LogP contribution in [0.5, 0.6) is 0 Å². The molecule has 128 valence electrons. The van der Waals surface area contributed by atoms with Crippen molar-refractivity contribution in [3.63, 3.8) is 0 Å². The lowest BCUT2D eigenvalue weighted by Crippen LogP contribution is -2.66. The van der Waals surface area contributed by atoms with Crippen molar-refractivity contribution >= 4 is 0 Å². The Morgan fingerprint density at radius 1 is 1.26 bits per heavy atom. The van der Waals surface area contributed by atoms with Gasteiger partial charge in [0.15, 0.2) is 12.6 Å². The summed E-state index contributed by atoms with van der Waals surface area (Å²) < 4.78 is 22.8. The van der Waals surface area contributed by atoms with E-state index < -0.39 is 36.9 Å². The Balaban J connectivity index is 1.72. The van der Waals surface area contributed by atoms with Crippen LogP contribution in [0.3, 0.4) is 0 Å². The van der Waals surface area contributed by atoms with Gasteiger partial charge in [-0.25, -0.2) is 0 Å². The maximum Gasteiger partial charge on any atom is 0.184 e. The number of ether oxygens (including phenoxy) is 4. The van der Waals surface area contributed by atoms with Crippen molar-refractivity contribution in [1.29, 1.82) is 0 Å². The normalized spacial score (nSPS) is 37.3. The molecule has 0 spiro atoms. The standard InChI is InChI=1S/C16H23NO6/c1-20-16-12(17-7-8-18)13(19)14-11(22-16)9-21-15(23-14)10-5-3-2-4-6-10/h2-6,11-19H,7-9H2,1H3/t11-,12+,13+,14-,15?,16+/m1/s1. The van der Waals surface area contributed by atoms with Gasteiger partial charge in [-0.15, -0.1) is 0 Å². The number of aliphatic hydroxyl groups is 2. The molecule has 0 saturated carbocycles. The molecule has 7 heteroatoms. The predicted molar refractivity (Wildman–Crippen MR) is 80.6 cm³/mol. The number of rotatable bonds is 5. The molecule has 1 aromatic rings. The highest BCUT2D eigenvalue weighted by molar-refractivity contribution is 5.16. The Kier molecular flexibility index (Phi) is 5.60. The molecule has 3 N–H and O–H groups in total. The van der Waals surface area contributed by atoms with E-state index in [4.69, 9.17) is 24.1 Å². The minimum atomic E-state index is -0.833. The monoisotopic (exact) mass is 325 g/mol. The largest absolute Gasteiger partial charge is 0.395 e. The van der Waals surface area contributed by atoms with Crippen LogP contribution in [-0.4, -0.2) is 67.7 Å². The summed E-state index contributed by atoms with van der Waals surface area (Å²) in [5.41, 5.74) is 0.895. The van der Waals surface area contributed by atoms with Crippen LogP contribution < -0.4 is 5.32 Å². The van der Waals surface area contributed by atoms with Gasteiger partial charge in [0, 0.05) is 19.2 Å². The maximum atomic E-state index is 10.7. The number of hydrogen-bond donors (Lipinski definition) is 3. The minimum Gasteiger partial charge on any atom is -0.395 e. The molecule has 1 unspecified atom stereocenters. The summed E-state index contributed by atoms with van der Waals surface area (Å²) in [7, 11) is 1.52. The molecule has 2 fully saturated rings. The summed E-state index contributed by atoms with van der Waals surface area (Å²) in [6.45, 7) is 0.610. The molecule has 0 radical (unpaired) electrons. The highest BCUT2D eigenvalue weighted by Crippen LogP contribution is 2.34. The van der Waals surface area contributed by atoms with E-state index in [-0.39, 0.29) is 6.61 Å². The van der Waals surface area contributed by atoms with Gasteiger partial charge in [-0.1, -0.05) is 30.3 Å². The van der Waals surface area contributed by atoms with Gasteiger partial charge in [-0.05, 0) is 0 Å². The minimum absolute atomic E-state index is 0.0373. The van der Waals surface area contributed by atoms with Gasteiger partial charge in [-0.2, -0.15) is 0 Å². The van der Waals surface area contributed by atoms with Crippen LogP contribution >= 0.6 is 0 Å². The van der Waals surface area contributed by atoms with E-state index in [2.05, 4.69) is 5.32 Å². The zero-order valence-electron chi connectivity index (χ0n) is 13.0. The summed E-state index contributed by atoms with van der Waals surface area (Å²) >= 11 is 0. The van der Waals surface area contributed by atoms with Crippen LogP contribution in [0.1, 0.15) is 11.9 Å². The Morgan fingerprint density at radius 3 is 2.74 bits per heavy atom. The van der Waals surface area contributed by atoms with Gasteiger partial charge in [0.2, 0.25) is 0 Å². The molecule has 0 bridgehead atoms. The third kappa shape index (κ3) is 3.56. The molecule has 0 amide bonds. The van der Waals surface area contributed by atoms with E-state index in [1.54, 1.807) is 0 Å². The second-order valence-electron chi connectivity index (χ2n) is 5.65. The van der Waals surface area contributed by atoms with Gasteiger partial charge in [-0.3, -0.25) is 0 Å². The first-order chi connectivity index (χ1) is 11.2. The van der Waals surface area contributed by atoms with Crippen molar-refractivity contribution in [3.8, 4) is 0 Å². The SMILES string of the molecule is CO[C@H]1O[C@@H]2COC(c3ccccc3)O[C@H]2[C@@H](O)[C@@H]1NCCO. The van der Waals surface area contributed by atoms with E-state index in [9.17, 15) is 5.11 Å². The third-order valence-electron chi connectivity index (χ3n) is 4.16. The Bertz CT molecular complexity index is 487. The zero-order chi connectivity index (χ0) is 16.2. The van der Waals surface area contributed by atoms with Crippen molar-refractivity contribution < 1.29 is 29.2 Å². The van der Waals surface area contributed by atoms with Gasteiger partial charge < -0.3 is 34.5 Å². The van der Waals surface area contributed by atoms with Gasteiger partial charge in [0.25, 0.3) is 0 Å². The summed E-state index contributed by atoms with van der Waals surface area (Å²) in [4.78, 5) is 0. The van der Waals surface area contributed by atoms with E-state index in [0.717, 1.165) is 5.56 Å². The molecule has 2 aliphatic rings. The highest BCUT2D eigenvalue weighted by Gasteiger charge is 2.49. The first-order valence-corrected chi connectivity index (χ1v) is 7.77. The lowest BCUT2D eigenvalue weighted by molar-refractivity contribution is -0.341. The van der Waals surface area contributed by atoms with Gasteiger partial charge in [0.1, 0.15) is 18.3 Å². The van der Waals surface area contributed by atoms with Gasteiger partial charge in [0.05, 0.1) is 19.3 Å². The second kappa shape index (κ2) is 7.67. The molecule has 2 saturated heterocycles. The van der Waals surface area contributed by atoms with Crippen LogP contribution in [0.2, 0.25) is 0 Å². The molecular weight excluding hydrogens is 302 g/mol. The van der Waals surface area contributed by atoms with Crippen molar-refractivity contribution in [2.45, 2.75) is 36.9 Å². The second-order valence-corrected chi connectivity index (χ2v) is 5.65. The summed E-state index contributed by atoms with van der Waals surface area (Å²) in [6.07, 6.45) is -2.93. The fraction of sp³-hybridized carbons (Fsp3) is 0.625. The lowest BCUT2D eigenvalue weighted by Gasteiger charge is -2.47. The molecule has 6 atom stereocenters. The molecule has 23 heavy (non-hydrogen) atoms. The van der Waals surface area contributed by atoms with E-state index in [1.165, 1.54) is 7.11 Å². The zero-order valence-corrected chi connectivity index (χ0v) is 13.0. The van der Waals surface area contributed by atoms with Gasteiger partial charge >= 0.3 is 0 Å². The summed E-state index contributed by atoms with van der Waals surface area (Å²) in [5.74, 6) is 0. The Morgan fingerprint density at radius 2 is 2.04 bits per heavy atom. The average molecular weight is 325 g/mol. The molecule has 2 heterocycles. The molecule has 3 rings (SSSR count). The van der Waals surface area contributed by atoms with Crippen molar-refractivity contribution in [3.05, 3.63) is 35.9 Å². The topological polar surface area (TPSA) is 89.4 Å². The van der Waals surface area contributed by atoms with Crippen LogP contribution in [-0.2, 0) is 18.9 Å². The molecule has 7 nitrogen and oxygen atoms in total. The Labute approximate surface area is 135 Å².